The third-order valence-electron chi connectivity index (χ3n) is 5.00. The van der Waals surface area contributed by atoms with Crippen molar-refractivity contribution in [1.29, 1.82) is 0 Å². The number of methoxy groups -OCH3 is 1. The van der Waals surface area contributed by atoms with Crippen molar-refractivity contribution >= 4 is 12.0 Å². The van der Waals surface area contributed by atoms with Crippen molar-refractivity contribution in [2.24, 2.45) is 0 Å². The molecule has 0 saturated carbocycles. The van der Waals surface area contributed by atoms with Crippen LogP contribution in [0, 0.1) is 5.82 Å². The van der Waals surface area contributed by atoms with Gasteiger partial charge in [-0.2, -0.15) is 0 Å². The van der Waals surface area contributed by atoms with E-state index in [-0.39, 0.29) is 11.7 Å². The first-order chi connectivity index (χ1) is 13.6. The van der Waals surface area contributed by atoms with Crippen molar-refractivity contribution in [3.05, 3.63) is 71.6 Å². The second kappa shape index (κ2) is 10.0. The molecule has 4 nitrogen and oxygen atoms in total. The molecule has 1 saturated heterocycles. The standard InChI is InChI=1S/C23H27FN2O2/c1-28-22-11-7-20(8-12-22)18-23(27)26-15-3-14-25(16-17-26)13-2-4-19-5-9-21(24)10-6-19/h2,4-12H,3,13-18H2,1H3/b4-2+. The van der Waals surface area contributed by atoms with Gasteiger partial charge in [0.25, 0.3) is 0 Å². The Bertz CT molecular complexity index is 787. The van der Waals surface area contributed by atoms with Gasteiger partial charge in [-0.15, -0.1) is 0 Å². The molecule has 0 aromatic heterocycles. The highest BCUT2D eigenvalue weighted by molar-refractivity contribution is 5.78. The summed E-state index contributed by atoms with van der Waals surface area (Å²) in [5, 5.41) is 0. The number of benzene rings is 2. The largest absolute Gasteiger partial charge is 0.497 e. The number of carbonyl (C=O) groups excluding carboxylic acids is 1. The van der Waals surface area contributed by atoms with Crippen LogP contribution in [0.2, 0.25) is 0 Å². The van der Waals surface area contributed by atoms with E-state index in [0.29, 0.717) is 6.42 Å². The zero-order valence-corrected chi connectivity index (χ0v) is 16.3. The summed E-state index contributed by atoms with van der Waals surface area (Å²) >= 11 is 0. The van der Waals surface area contributed by atoms with Gasteiger partial charge < -0.3 is 9.64 Å². The van der Waals surface area contributed by atoms with E-state index < -0.39 is 0 Å². The molecule has 148 valence electrons. The quantitative estimate of drug-likeness (QED) is 0.765. The second-order valence-electron chi connectivity index (χ2n) is 7.01. The molecule has 2 aromatic carbocycles. The van der Waals surface area contributed by atoms with Gasteiger partial charge in [-0.05, 0) is 41.8 Å². The Morgan fingerprint density at radius 3 is 2.50 bits per heavy atom. The number of hydrogen-bond acceptors (Lipinski definition) is 3. The molecule has 1 aliphatic rings. The van der Waals surface area contributed by atoms with Crippen molar-refractivity contribution in [3.63, 3.8) is 0 Å². The number of carbonyl (C=O) groups is 1. The van der Waals surface area contributed by atoms with E-state index in [2.05, 4.69) is 11.0 Å². The van der Waals surface area contributed by atoms with E-state index >= 15 is 0 Å². The highest BCUT2D eigenvalue weighted by Gasteiger charge is 2.18. The lowest BCUT2D eigenvalue weighted by Gasteiger charge is -2.21. The zero-order chi connectivity index (χ0) is 19.8. The summed E-state index contributed by atoms with van der Waals surface area (Å²) in [4.78, 5) is 17.0. The molecule has 3 rings (SSSR count). The molecule has 1 amide bonds. The summed E-state index contributed by atoms with van der Waals surface area (Å²) < 4.78 is 18.1. The smallest absolute Gasteiger partial charge is 0.227 e. The lowest BCUT2D eigenvalue weighted by atomic mass is 10.1. The average molecular weight is 382 g/mol. The van der Waals surface area contributed by atoms with Gasteiger partial charge in [0, 0.05) is 32.7 Å². The Labute approximate surface area is 166 Å². The predicted molar refractivity (Wildman–Crippen MR) is 110 cm³/mol. The van der Waals surface area contributed by atoms with Gasteiger partial charge in [0.2, 0.25) is 5.91 Å². The first-order valence-corrected chi connectivity index (χ1v) is 9.69. The number of amides is 1. The molecular weight excluding hydrogens is 355 g/mol. The van der Waals surface area contributed by atoms with E-state index in [1.165, 1.54) is 12.1 Å². The molecule has 0 radical (unpaired) electrons. The Hall–Kier alpha value is -2.66. The van der Waals surface area contributed by atoms with Crippen LogP contribution in [0.25, 0.3) is 6.08 Å². The molecule has 1 fully saturated rings. The van der Waals surface area contributed by atoms with Crippen LogP contribution < -0.4 is 4.74 Å². The normalized spacial score (nSPS) is 15.6. The number of nitrogens with zero attached hydrogens (tertiary/aromatic N) is 2. The Morgan fingerprint density at radius 1 is 1.04 bits per heavy atom. The fourth-order valence-corrected chi connectivity index (χ4v) is 3.34. The van der Waals surface area contributed by atoms with E-state index in [4.69, 9.17) is 4.74 Å². The molecular formula is C23H27FN2O2. The number of halogens is 1. The highest BCUT2D eigenvalue weighted by atomic mass is 19.1. The molecule has 5 heteroatoms. The summed E-state index contributed by atoms with van der Waals surface area (Å²) in [5.41, 5.74) is 2.00. The molecule has 28 heavy (non-hydrogen) atoms. The van der Waals surface area contributed by atoms with Gasteiger partial charge in [-0.1, -0.05) is 36.4 Å². The Balaban J connectivity index is 1.46. The average Bonchev–Trinajstić information content (AvgIpc) is 2.96. The van der Waals surface area contributed by atoms with E-state index in [1.807, 2.05) is 35.2 Å². The molecule has 0 atom stereocenters. The number of ether oxygens (including phenoxy) is 1. The maximum absolute atomic E-state index is 12.9. The van der Waals surface area contributed by atoms with Crippen LogP contribution in [0.4, 0.5) is 4.39 Å². The van der Waals surface area contributed by atoms with Crippen LogP contribution in [-0.2, 0) is 11.2 Å². The molecule has 2 aromatic rings. The molecule has 1 heterocycles. The number of hydrogen-bond donors (Lipinski definition) is 0. The lowest BCUT2D eigenvalue weighted by molar-refractivity contribution is -0.130. The monoisotopic (exact) mass is 382 g/mol. The van der Waals surface area contributed by atoms with Crippen molar-refractivity contribution in [2.45, 2.75) is 12.8 Å². The van der Waals surface area contributed by atoms with Crippen LogP contribution in [0.3, 0.4) is 0 Å². The summed E-state index contributed by atoms with van der Waals surface area (Å²) in [5.74, 6) is 0.758. The van der Waals surface area contributed by atoms with Crippen molar-refractivity contribution in [1.82, 2.24) is 9.80 Å². The van der Waals surface area contributed by atoms with Crippen LogP contribution in [-0.4, -0.2) is 55.5 Å². The predicted octanol–water partition coefficient (Wildman–Crippen LogP) is 3.62. The third-order valence-corrected chi connectivity index (χ3v) is 5.00. The molecule has 0 unspecified atom stereocenters. The minimum Gasteiger partial charge on any atom is -0.497 e. The topological polar surface area (TPSA) is 32.8 Å². The molecule has 0 spiro atoms. The molecule has 0 bridgehead atoms. The van der Waals surface area contributed by atoms with Gasteiger partial charge in [0.05, 0.1) is 13.5 Å². The summed E-state index contributed by atoms with van der Waals surface area (Å²) in [6.07, 6.45) is 5.51. The first kappa shape index (κ1) is 20.1. The summed E-state index contributed by atoms with van der Waals surface area (Å²) in [6, 6.07) is 14.2. The first-order valence-electron chi connectivity index (χ1n) is 9.69. The lowest BCUT2D eigenvalue weighted by Crippen LogP contribution is -2.36. The minimum atomic E-state index is -0.218. The maximum Gasteiger partial charge on any atom is 0.227 e. The van der Waals surface area contributed by atoms with Crippen LogP contribution in [0.15, 0.2) is 54.6 Å². The van der Waals surface area contributed by atoms with Gasteiger partial charge in [0.15, 0.2) is 0 Å². The van der Waals surface area contributed by atoms with E-state index in [0.717, 1.165) is 56.0 Å². The maximum atomic E-state index is 12.9. The zero-order valence-electron chi connectivity index (χ0n) is 16.3. The minimum absolute atomic E-state index is 0.175. The molecule has 1 aliphatic heterocycles. The van der Waals surface area contributed by atoms with Crippen molar-refractivity contribution in [3.8, 4) is 5.75 Å². The van der Waals surface area contributed by atoms with Crippen LogP contribution >= 0.6 is 0 Å². The molecule has 0 N–H and O–H groups in total. The van der Waals surface area contributed by atoms with Crippen LogP contribution in [0.1, 0.15) is 17.5 Å². The number of rotatable bonds is 6. The third kappa shape index (κ3) is 5.92. The van der Waals surface area contributed by atoms with E-state index in [9.17, 15) is 9.18 Å². The second-order valence-corrected chi connectivity index (χ2v) is 7.01. The van der Waals surface area contributed by atoms with Gasteiger partial charge in [-0.25, -0.2) is 4.39 Å². The fraction of sp³-hybridized carbons (Fsp3) is 0.348. The van der Waals surface area contributed by atoms with Gasteiger partial charge >= 0.3 is 0 Å². The van der Waals surface area contributed by atoms with E-state index in [1.54, 1.807) is 19.2 Å². The van der Waals surface area contributed by atoms with Crippen molar-refractivity contribution in [2.75, 3.05) is 39.8 Å². The summed E-state index contributed by atoms with van der Waals surface area (Å²) in [7, 11) is 1.64. The Morgan fingerprint density at radius 2 is 1.79 bits per heavy atom. The SMILES string of the molecule is COc1ccc(CC(=O)N2CCCN(C/C=C/c3ccc(F)cc3)CC2)cc1. The molecule has 0 aliphatic carbocycles. The van der Waals surface area contributed by atoms with Gasteiger partial charge in [0.1, 0.15) is 11.6 Å². The van der Waals surface area contributed by atoms with Crippen molar-refractivity contribution < 1.29 is 13.9 Å². The highest BCUT2D eigenvalue weighted by Crippen LogP contribution is 2.13. The Kier molecular flexibility index (Phi) is 7.20. The van der Waals surface area contributed by atoms with Gasteiger partial charge in [-0.3, -0.25) is 9.69 Å². The van der Waals surface area contributed by atoms with Crippen LogP contribution in [0.5, 0.6) is 5.75 Å². The fourth-order valence-electron chi connectivity index (χ4n) is 3.34. The summed E-state index contributed by atoms with van der Waals surface area (Å²) in [6.45, 7) is 4.21.